The summed E-state index contributed by atoms with van der Waals surface area (Å²) in [5.41, 5.74) is 2.03. The van der Waals surface area contributed by atoms with Gasteiger partial charge in [0.15, 0.2) is 0 Å². The number of amides is 2. The van der Waals surface area contributed by atoms with Crippen LogP contribution in [0, 0.1) is 0 Å². The zero-order valence-corrected chi connectivity index (χ0v) is 18.4. The highest BCUT2D eigenvalue weighted by Gasteiger charge is 2.30. The second-order valence-electron chi connectivity index (χ2n) is 7.27. The van der Waals surface area contributed by atoms with E-state index in [2.05, 4.69) is 21.2 Å². The number of rotatable bonds is 9. The van der Waals surface area contributed by atoms with Crippen LogP contribution in [0.1, 0.15) is 44.7 Å². The topological polar surface area (TPSA) is 49.4 Å². The molecule has 2 rings (SSSR count). The van der Waals surface area contributed by atoms with Gasteiger partial charge in [0.25, 0.3) is 0 Å². The number of benzene rings is 2. The summed E-state index contributed by atoms with van der Waals surface area (Å²) in [5, 5.41) is 3.00. The van der Waals surface area contributed by atoms with Crippen molar-refractivity contribution in [1.29, 1.82) is 0 Å². The van der Waals surface area contributed by atoms with Crippen LogP contribution in [-0.4, -0.2) is 28.8 Å². The van der Waals surface area contributed by atoms with Gasteiger partial charge in [-0.3, -0.25) is 9.59 Å². The van der Waals surface area contributed by atoms with Gasteiger partial charge >= 0.3 is 0 Å². The average Bonchev–Trinajstić information content (AvgIpc) is 2.65. The Labute approximate surface area is 176 Å². The van der Waals surface area contributed by atoms with E-state index < -0.39 is 6.04 Å². The van der Waals surface area contributed by atoms with Gasteiger partial charge in [0.1, 0.15) is 6.04 Å². The molecular formula is C23H29BrN2O2. The number of halogens is 1. The monoisotopic (exact) mass is 444 g/mol. The fourth-order valence-electron chi connectivity index (χ4n) is 3.12. The lowest BCUT2D eigenvalue weighted by Gasteiger charge is -2.32. The molecule has 0 aromatic heterocycles. The zero-order chi connectivity index (χ0) is 20.5. The van der Waals surface area contributed by atoms with E-state index in [0.29, 0.717) is 19.4 Å². The van der Waals surface area contributed by atoms with E-state index in [1.165, 1.54) is 0 Å². The number of nitrogens with one attached hydrogen (secondary N) is 1. The Hall–Kier alpha value is -2.14. The summed E-state index contributed by atoms with van der Waals surface area (Å²) in [6, 6.07) is 17.2. The van der Waals surface area contributed by atoms with Gasteiger partial charge in [-0.05, 0) is 43.5 Å². The predicted molar refractivity (Wildman–Crippen MR) is 117 cm³/mol. The Morgan fingerprint density at radius 2 is 1.71 bits per heavy atom. The molecular weight excluding hydrogens is 416 g/mol. The molecule has 0 spiro atoms. The molecule has 0 saturated carbocycles. The molecule has 0 aliphatic carbocycles. The molecule has 0 aliphatic heterocycles. The molecule has 150 valence electrons. The van der Waals surface area contributed by atoms with Gasteiger partial charge < -0.3 is 10.2 Å². The van der Waals surface area contributed by atoms with Crippen LogP contribution in [0.4, 0.5) is 0 Å². The lowest BCUT2D eigenvalue weighted by molar-refractivity contribution is -0.141. The van der Waals surface area contributed by atoms with Gasteiger partial charge in [-0.15, -0.1) is 0 Å². The summed E-state index contributed by atoms with van der Waals surface area (Å²) in [4.78, 5) is 27.8. The first-order valence-corrected chi connectivity index (χ1v) is 10.6. The Balaban J connectivity index is 2.37. The molecule has 0 saturated heterocycles. The molecule has 0 radical (unpaired) electrons. The molecule has 0 unspecified atom stereocenters. The number of nitrogens with zero attached hydrogens (tertiary/aromatic N) is 1. The lowest BCUT2D eigenvalue weighted by Crippen LogP contribution is -2.51. The van der Waals surface area contributed by atoms with E-state index >= 15 is 0 Å². The van der Waals surface area contributed by atoms with Crippen molar-refractivity contribution >= 4 is 27.7 Å². The van der Waals surface area contributed by atoms with Crippen LogP contribution in [0.2, 0.25) is 0 Å². The van der Waals surface area contributed by atoms with Crippen LogP contribution in [0.3, 0.4) is 0 Å². The van der Waals surface area contributed by atoms with Gasteiger partial charge in [0.05, 0.1) is 0 Å². The summed E-state index contributed by atoms with van der Waals surface area (Å²) in [6.45, 7) is 6.25. The highest BCUT2D eigenvalue weighted by molar-refractivity contribution is 9.10. The summed E-state index contributed by atoms with van der Waals surface area (Å²) in [5.74, 6) is -0.111. The molecule has 2 aromatic rings. The average molecular weight is 445 g/mol. The van der Waals surface area contributed by atoms with Crippen molar-refractivity contribution in [1.82, 2.24) is 10.2 Å². The maximum Gasteiger partial charge on any atom is 0.243 e. The molecule has 0 heterocycles. The number of hydrogen-bond acceptors (Lipinski definition) is 2. The first kappa shape index (κ1) is 22.2. The second-order valence-corrected chi connectivity index (χ2v) is 8.19. The van der Waals surface area contributed by atoms with Crippen LogP contribution >= 0.6 is 15.9 Å². The minimum atomic E-state index is -0.553. The largest absolute Gasteiger partial charge is 0.352 e. The third-order valence-corrected chi connectivity index (χ3v) is 4.90. The summed E-state index contributed by atoms with van der Waals surface area (Å²) >= 11 is 3.49. The molecule has 2 amide bonds. The Morgan fingerprint density at radius 1 is 1.04 bits per heavy atom. The predicted octanol–water partition coefficient (Wildman–Crippen LogP) is 4.71. The van der Waals surface area contributed by atoms with Gasteiger partial charge in [0.2, 0.25) is 11.8 Å². The molecule has 0 bridgehead atoms. The minimum Gasteiger partial charge on any atom is -0.352 e. The van der Waals surface area contributed by atoms with E-state index in [4.69, 9.17) is 0 Å². The van der Waals surface area contributed by atoms with E-state index in [9.17, 15) is 9.59 Å². The van der Waals surface area contributed by atoms with Gasteiger partial charge in [0, 0.05) is 29.9 Å². The van der Waals surface area contributed by atoms with E-state index in [1.54, 1.807) is 4.90 Å². The van der Waals surface area contributed by atoms with E-state index in [0.717, 1.165) is 22.0 Å². The van der Waals surface area contributed by atoms with Gasteiger partial charge in [-0.2, -0.15) is 0 Å². The maximum atomic E-state index is 13.1. The van der Waals surface area contributed by atoms with Crippen LogP contribution in [0.15, 0.2) is 59.1 Å². The quantitative estimate of drug-likeness (QED) is 0.608. The van der Waals surface area contributed by atoms with Crippen molar-refractivity contribution in [3.05, 3.63) is 70.2 Å². The SMILES string of the molecule is CCCC(=O)N(Cc1cccc(Br)c1)[C@H](Cc1ccccc1)C(=O)NC(C)C. The fourth-order valence-corrected chi connectivity index (χ4v) is 3.57. The number of hydrogen-bond donors (Lipinski definition) is 1. The molecule has 0 aliphatic rings. The highest BCUT2D eigenvalue weighted by Crippen LogP contribution is 2.19. The summed E-state index contributed by atoms with van der Waals surface area (Å²) < 4.78 is 0.958. The fraction of sp³-hybridized carbons (Fsp3) is 0.391. The number of carbonyl (C=O) groups is 2. The third-order valence-electron chi connectivity index (χ3n) is 4.41. The van der Waals surface area contributed by atoms with Crippen molar-refractivity contribution in [2.45, 2.75) is 58.7 Å². The highest BCUT2D eigenvalue weighted by atomic mass is 79.9. The molecule has 28 heavy (non-hydrogen) atoms. The van der Waals surface area contributed by atoms with Crippen molar-refractivity contribution in [3.8, 4) is 0 Å². The maximum absolute atomic E-state index is 13.1. The first-order chi connectivity index (χ1) is 13.4. The first-order valence-electron chi connectivity index (χ1n) is 9.79. The zero-order valence-electron chi connectivity index (χ0n) is 16.8. The summed E-state index contributed by atoms with van der Waals surface area (Å²) in [6.07, 6.45) is 1.66. The molecule has 1 N–H and O–H groups in total. The van der Waals surface area contributed by atoms with Crippen molar-refractivity contribution in [2.24, 2.45) is 0 Å². The van der Waals surface area contributed by atoms with E-state index in [1.807, 2.05) is 75.4 Å². The second kappa shape index (κ2) is 11.0. The van der Waals surface area contributed by atoms with E-state index in [-0.39, 0.29) is 17.9 Å². The molecule has 1 atom stereocenters. The van der Waals surface area contributed by atoms with Gasteiger partial charge in [-0.25, -0.2) is 0 Å². The molecule has 5 heteroatoms. The van der Waals surface area contributed by atoms with Crippen LogP contribution in [-0.2, 0) is 22.6 Å². The molecule has 0 fully saturated rings. The Kier molecular flexibility index (Phi) is 8.71. The number of carbonyl (C=O) groups excluding carboxylic acids is 2. The summed E-state index contributed by atoms with van der Waals surface area (Å²) in [7, 11) is 0. The Bertz CT molecular complexity index is 777. The third kappa shape index (κ3) is 6.79. The van der Waals surface area contributed by atoms with Crippen LogP contribution < -0.4 is 5.32 Å². The Morgan fingerprint density at radius 3 is 2.32 bits per heavy atom. The van der Waals surface area contributed by atoms with Crippen molar-refractivity contribution in [2.75, 3.05) is 0 Å². The molecule has 2 aromatic carbocycles. The lowest BCUT2D eigenvalue weighted by atomic mass is 10.0. The van der Waals surface area contributed by atoms with Crippen LogP contribution in [0.5, 0.6) is 0 Å². The smallest absolute Gasteiger partial charge is 0.243 e. The molecule has 4 nitrogen and oxygen atoms in total. The normalized spacial score (nSPS) is 11.9. The van der Waals surface area contributed by atoms with Crippen LogP contribution in [0.25, 0.3) is 0 Å². The minimum absolute atomic E-state index is 0.00214. The standard InChI is InChI=1S/C23H29BrN2O2/c1-4-9-22(27)26(16-19-12-8-13-20(24)14-19)21(23(28)25-17(2)3)15-18-10-6-5-7-11-18/h5-8,10-14,17,21H,4,9,15-16H2,1-3H3,(H,25,28)/t21-/m1/s1. The van der Waals surface area contributed by atoms with Crippen molar-refractivity contribution in [3.63, 3.8) is 0 Å². The van der Waals surface area contributed by atoms with Gasteiger partial charge in [-0.1, -0.05) is 65.3 Å². The van der Waals surface area contributed by atoms with Crippen molar-refractivity contribution < 1.29 is 9.59 Å².